The van der Waals surface area contributed by atoms with Crippen molar-refractivity contribution in [2.75, 3.05) is 19.8 Å². The molecule has 196 valence electrons. The third-order valence-electron chi connectivity index (χ3n) is 7.03. The maximum Gasteiger partial charge on any atom is 0.304 e. The normalized spacial score (nSPS) is 23.6. The SMILES string of the molecule is CC(CCN(C)S(C)(=O)=O)N1C(=O)C(C)(CC(=O)O)CC(c2cccc(Cl)c2)C1c1ccc(Cl)cc1. The Kier molecular flexibility index (Phi) is 8.76. The third kappa shape index (κ3) is 6.40. The molecule has 1 heterocycles. The van der Waals surface area contributed by atoms with Gasteiger partial charge in [-0.25, -0.2) is 12.7 Å². The lowest BCUT2D eigenvalue weighted by molar-refractivity contribution is -0.160. The number of likely N-dealkylation sites (tertiary alicyclic amines) is 1. The fourth-order valence-corrected chi connectivity index (χ4v) is 5.80. The topological polar surface area (TPSA) is 95.0 Å². The monoisotopic (exact) mass is 554 g/mol. The van der Waals surface area contributed by atoms with E-state index in [0.717, 1.165) is 17.4 Å². The van der Waals surface area contributed by atoms with Gasteiger partial charge in [0, 0.05) is 35.6 Å². The lowest BCUT2D eigenvalue weighted by Gasteiger charge is -2.51. The molecule has 0 radical (unpaired) electrons. The molecule has 4 atom stereocenters. The van der Waals surface area contributed by atoms with Crippen LogP contribution >= 0.6 is 23.2 Å². The summed E-state index contributed by atoms with van der Waals surface area (Å²) in [5.41, 5.74) is 0.606. The van der Waals surface area contributed by atoms with Gasteiger partial charge in [0.05, 0.1) is 24.1 Å². The summed E-state index contributed by atoms with van der Waals surface area (Å²) >= 11 is 12.5. The molecule has 2 aromatic carbocycles. The second-order valence-corrected chi connectivity index (χ2v) is 12.9. The molecule has 3 rings (SSSR count). The molecule has 0 aromatic heterocycles. The standard InChI is InChI=1S/C26H32Cl2N2O5S/c1-17(12-13-29(3)36(4,34)35)30-24(18-8-10-20(27)11-9-18)22(19-6-5-7-21(28)14-19)15-26(2,25(30)33)16-23(31)32/h5-11,14,17,22,24H,12-13,15-16H2,1-4H3,(H,31,32). The maximum absolute atomic E-state index is 14.0. The lowest BCUT2D eigenvalue weighted by atomic mass is 9.67. The van der Waals surface area contributed by atoms with E-state index in [1.165, 1.54) is 11.4 Å². The minimum atomic E-state index is -3.39. The molecule has 1 saturated heterocycles. The number of carboxylic acids is 1. The molecule has 1 aliphatic rings. The number of rotatable bonds is 9. The Morgan fingerprint density at radius 2 is 1.81 bits per heavy atom. The molecule has 2 aromatic rings. The summed E-state index contributed by atoms with van der Waals surface area (Å²) in [5.74, 6) is -1.57. The van der Waals surface area contributed by atoms with E-state index in [2.05, 4.69) is 0 Å². The Bertz CT molecular complexity index is 1220. The summed E-state index contributed by atoms with van der Waals surface area (Å²) < 4.78 is 25.2. The number of hydrogen-bond donors (Lipinski definition) is 1. The first kappa shape index (κ1) is 28.4. The molecule has 4 unspecified atom stereocenters. The third-order valence-corrected chi connectivity index (χ3v) is 8.84. The molecule has 1 aliphatic heterocycles. The van der Waals surface area contributed by atoms with Gasteiger partial charge in [-0.05, 0) is 55.2 Å². The second kappa shape index (κ2) is 11.1. The molecule has 1 amide bonds. The first-order chi connectivity index (χ1) is 16.7. The number of aliphatic carboxylic acids is 1. The van der Waals surface area contributed by atoms with E-state index in [1.807, 2.05) is 37.3 Å². The van der Waals surface area contributed by atoms with Crippen LogP contribution in [0.2, 0.25) is 10.0 Å². The summed E-state index contributed by atoms with van der Waals surface area (Å²) in [6, 6.07) is 13.9. The molecule has 1 fully saturated rings. The summed E-state index contributed by atoms with van der Waals surface area (Å²) in [6.45, 7) is 3.79. The minimum Gasteiger partial charge on any atom is -0.481 e. The zero-order chi connectivity index (χ0) is 26.8. The Balaban J connectivity index is 2.14. The number of carbonyl (C=O) groups is 2. The van der Waals surface area contributed by atoms with Crippen molar-refractivity contribution in [1.82, 2.24) is 9.21 Å². The molecule has 10 heteroatoms. The number of carbonyl (C=O) groups excluding carboxylic acids is 1. The van der Waals surface area contributed by atoms with Crippen LogP contribution in [0.1, 0.15) is 56.2 Å². The van der Waals surface area contributed by atoms with Gasteiger partial charge < -0.3 is 10.0 Å². The van der Waals surface area contributed by atoms with E-state index >= 15 is 0 Å². The molecule has 0 saturated carbocycles. The van der Waals surface area contributed by atoms with Crippen LogP contribution in [0.4, 0.5) is 0 Å². The highest BCUT2D eigenvalue weighted by Gasteiger charge is 2.51. The number of hydrogen-bond acceptors (Lipinski definition) is 4. The van der Waals surface area contributed by atoms with Crippen LogP contribution in [0.3, 0.4) is 0 Å². The fraction of sp³-hybridized carbons (Fsp3) is 0.462. The fourth-order valence-electron chi connectivity index (χ4n) is 5.04. The first-order valence-corrected chi connectivity index (χ1v) is 14.3. The molecular weight excluding hydrogens is 523 g/mol. The van der Waals surface area contributed by atoms with Crippen LogP contribution in [-0.2, 0) is 19.6 Å². The maximum atomic E-state index is 14.0. The highest BCUT2D eigenvalue weighted by atomic mass is 35.5. The van der Waals surface area contributed by atoms with Crippen molar-refractivity contribution in [3.8, 4) is 0 Å². The van der Waals surface area contributed by atoms with E-state index in [1.54, 1.807) is 30.0 Å². The highest BCUT2D eigenvalue weighted by molar-refractivity contribution is 7.88. The lowest BCUT2D eigenvalue weighted by Crippen LogP contribution is -2.55. The predicted molar refractivity (Wildman–Crippen MR) is 142 cm³/mol. The number of carboxylic acid groups (broad SMARTS) is 1. The summed E-state index contributed by atoms with van der Waals surface area (Å²) in [6.07, 6.45) is 1.52. The second-order valence-electron chi connectivity index (χ2n) is 9.93. The molecule has 7 nitrogen and oxygen atoms in total. The van der Waals surface area contributed by atoms with Crippen LogP contribution < -0.4 is 0 Å². The summed E-state index contributed by atoms with van der Waals surface area (Å²) in [5, 5.41) is 10.8. The van der Waals surface area contributed by atoms with Crippen LogP contribution in [-0.4, -0.2) is 60.5 Å². The van der Waals surface area contributed by atoms with Crippen molar-refractivity contribution in [3.05, 3.63) is 69.7 Å². The average Bonchev–Trinajstić information content (AvgIpc) is 2.78. The van der Waals surface area contributed by atoms with Gasteiger partial charge in [-0.1, -0.05) is 54.4 Å². The van der Waals surface area contributed by atoms with Gasteiger partial charge in [0.2, 0.25) is 15.9 Å². The Hall–Kier alpha value is -2.13. The Morgan fingerprint density at radius 1 is 1.17 bits per heavy atom. The zero-order valence-corrected chi connectivity index (χ0v) is 23.1. The molecular formula is C26H32Cl2N2O5S. The summed E-state index contributed by atoms with van der Waals surface area (Å²) in [7, 11) is -1.89. The first-order valence-electron chi connectivity index (χ1n) is 11.7. The molecule has 0 spiro atoms. The van der Waals surface area contributed by atoms with Crippen LogP contribution in [0.25, 0.3) is 0 Å². The zero-order valence-electron chi connectivity index (χ0n) is 20.8. The van der Waals surface area contributed by atoms with Gasteiger partial charge in [-0.15, -0.1) is 0 Å². The number of sulfonamides is 1. The van der Waals surface area contributed by atoms with E-state index in [9.17, 15) is 23.1 Å². The smallest absolute Gasteiger partial charge is 0.304 e. The van der Waals surface area contributed by atoms with Crippen molar-refractivity contribution in [1.29, 1.82) is 0 Å². The van der Waals surface area contributed by atoms with Crippen molar-refractivity contribution in [2.45, 2.75) is 51.1 Å². The van der Waals surface area contributed by atoms with E-state index in [-0.39, 0.29) is 30.8 Å². The molecule has 0 aliphatic carbocycles. The number of benzene rings is 2. The van der Waals surface area contributed by atoms with Crippen molar-refractivity contribution in [2.24, 2.45) is 5.41 Å². The van der Waals surface area contributed by atoms with Crippen LogP contribution in [0.15, 0.2) is 48.5 Å². The van der Waals surface area contributed by atoms with Crippen molar-refractivity contribution < 1.29 is 23.1 Å². The van der Waals surface area contributed by atoms with Gasteiger partial charge in [0.1, 0.15) is 0 Å². The van der Waals surface area contributed by atoms with Gasteiger partial charge in [-0.2, -0.15) is 0 Å². The predicted octanol–water partition coefficient (Wildman–Crippen LogP) is 5.20. The van der Waals surface area contributed by atoms with Crippen LogP contribution in [0.5, 0.6) is 0 Å². The van der Waals surface area contributed by atoms with Gasteiger partial charge in [0.25, 0.3) is 0 Å². The Morgan fingerprint density at radius 3 is 2.36 bits per heavy atom. The highest BCUT2D eigenvalue weighted by Crippen LogP contribution is 2.52. The van der Waals surface area contributed by atoms with E-state index in [0.29, 0.717) is 22.9 Å². The minimum absolute atomic E-state index is 0.217. The Labute approximate surface area is 223 Å². The van der Waals surface area contributed by atoms with Crippen molar-refractivity contribution in [3.63, 3.8) is 0 Å². The number of piperidine rings is 1. The number of nitrogens with zero attached hydrogens (tertiary/aromatic N) is 2. The van der Waals surface area contributed by atoms with Crippen LogP contribution in [0, 0.1) is 5.41 Å². The van der Waals surface area contributed by atoms with E-state index < -0.39 is 27.4 Å². The largest absolute Gasteiger partial charge is 0.481 e. The molecule has 36 heavy (non-hydrogen) atoms. The summed E-state index contributed by atoms with van der Waals surface area (Å²) in [4.78, 5) is 27.6. The van der Waals surface area contributed by atoms with Gasteiger partial charge in [0.15, 0.2) is 0 Å². The molecule has 1 N–H and O–H groups in total. The average molecular weight is 556 g/mol. The van der Waals surface area contributed by atoms with Gasteiger partial charge in [-0.3, -0.25) is 9.59 Å². The van der Waals surface area contributed by atoms with E-state index in [4.69, 9.17) is 23.2 Å². The van der Waals surface area contributed by atoms with Gasteiger partial charge >= 0.3 is 5.97 Å². The quantitative estimate of drug-likeness (QED) is 0.459. The number of amides is 1. The van der Waals surface area contributed by atoms with Crippen molar-refractivity contribution >= 4 is 45.1 Å². The number of halogens is 2. The molecule has 0 bridgehead atoms.